The van der Waals surface area contributed by atoms with Gasteiger partial charge < -0.3 is 24.4 Å². The third-order valence-electron chi connectivity index (χ3n) is 6.38. The van der Waals surface area contributed by atoms with E-state index in [-0.39, 0.29) is 25.6 Å². The van der Waals surface area contributed by atoms with E-state index >= 15 is 0 Å². The zero-order valence-corrected chi connectivity index (χ0v) is 19.9. The highest BCUT2D eigenvalue weighted by Gasteiger charge is 2.45. The molecule has 0 spiro atoms. The quantitative estimate of drug-likeness (QED) is 0.726. The lowest BCUT2D eigenvalue weighted by molar-refractivity contribution is -0.142. The van der Waals surface area contributed by atoms with E-state index in [0.29, 0.717) is 0 Å². The van der Waals surface area contributed by atoms with Crippen LogP contribution in [0.2, 0.25) is 0 Å². The van der Waals surface area contributed by atoms with Crippen molar-refractivity contribution in [1.82, 2.24) is 9.80 Å². The fourth-order valence-electron chi connectivity index (χ4n) is 4.73. The zero-order chi connectivity index (χ0) is 24.6. The number of hydrogen-bond acceptors (Lipinski definition) is 5. The summed E-state index contributed by atoms with van der Waals surface area (Å²) in [5.41, 5.74) is 3.75. The Kier molecular flexibility index (Phi) is 6.25. The molecule has 2 aromatic rings. The maximum Gasteiger partial charge on any atom is 0.410 e. The van der Waals surface area contributed by atoms with Gasteiger partial charge in [-0.3, -0.25) is 4.79 Å². The van der Waals surface area contributed by atoms with Crippen LogP contribution in [-0.4, -0.2) is 71.4 Å². The first-order valence-electron chi connectivity index (χ1n) is 11.4. The van der Waals surface area contributed by atoms with Crippen LogP contribution in [0.1, 0.15) is 37.8 Å². The molecule has 1 aliphatic carbocycles. The topological polar surface area (TPSA) is 96.4 Å². The third-order valence-corrected chi connectivity index (χ3v) is 6.38. The van der Waals surface area contributed by atoms with Crippen molar-refractivity contribution in [1.29, 1.82) is 0 Å². The highest BCUT2D eigenvalue weighted by molar-refractivity contribution is 5.79. The molecule has 1 saturated heterocycles. The molecule has 34 heavy (non-hydrogen) atoms. The van der Waals surface area contributed by atoms with E-state index in [2.05, 4.69) is 12.1 Å². The van der Waals surface area contributed by atoms with Gasteiger partial charge in [-0.2, -0.15) is 0 Å². The molecular weight excluding hydrogens is 436 g/mol. The van der Waals surface area contributed by atoms with Crippen LogP contribution in [0.3, 0.4) is 0 Å². The minimum atomic E-state index is -1.07. The second kappa shape index (κ2) is 9.00. The molecule has 4 rings (SSSR count). The Hall–Kier alpha value is -3.55. The predicted octanol–water partition coefficient (Wildman–Crippen LogP) is 4.19. The monoisotopic (exact) mass is 466 g/mol. The second-order valence-electron chi connectivity index (χ2n) is 9.81. The van der Waals surface area contributed by atoms with Crippen LogP contribution in [-0.2, 0) is 14.3 Å². The van der Waals surface area contributed by atoms with Crippen LogP contribution in [0.5, 0.6) is 0 Å². The smallest absolute Gasteiger partial charge is 0.410 e. The molecule has 8 nitrogen and oxygen atoms in total. The molecule has 180 valence electrons. The van der Waals surface area contributed by atoms with E-state index in [1.807, 2.05) is 36.4 Å². The molecule has 2 aliphatic rings. The summed E-state index contributed by atoms with van der Waals surface area (Å²) in [6.45, 7) is 5.40. The van der Waals surface area contributed by atoms with Crippen LogP contribution in [0, 0.1) is 5.92 Å². The Balaban J connectivity index is 1.45. The largest absolute Gasteiger partial charge is 0.481 e. The van der Waals surface area contributed by atoms with Gasteiger partial charge >= 0.3 is 18.2 Å². The molecule has 8 heteroatoms. The Labute approximate surface area is 199 Å². The number of carboxylic acid groups (broad SMARTS) is 1. The minimum Gasteiger partial charge on any atom is -0.481 e. The van der Waals surface area contributed by atoms with Crippen molar-refractivity contribution in [3.8, 4) is 11.1 Å². The molecule has 1 aliphatic heterocycles. The van der Waals surface area contributed by atoms with E-state index < -0.39 is 35.7 Å². The highest BCUT2D eigenvalue weighted by Crippen LogP contribution is 2.44. The Morgan fingerprint density at radius 2 is 1.56 bits per heavy atom. The number of amides is 2. The van der Waals surface area contributed by atoms with Gasteiger partial charge in [0.15, 0.2) is 0 Å². The van der Waals surface area contributed by atoms with E-state index in [1.54, 1.807) is 20.8 Å². The maximum atomic E-state index is 13.0. The van der Waals surface area contributed by atoms with Gasteiger partial charge in [-0.25, -0.2) is 9.59 Å². The lowest BCUT2D eigenvalue weighted by atomic mass is 9.98. The molecule has 0 bridgehead atoms. The summed E-state index contributed by atoms with van der Waals surface area (Å²) in [5.74, 6) is -2.10. The summed E-state index contributed by atoms with van der Waals surface area (Å²) >= 11 is 0. The number of hydrogen-bond donors (Lipinski definition) is 1. The number of likely N-dealkylation sites (N-methyl/N-ethyl adjacent to an activating group) is 1. The first kappa shape index (κ1) is 23.6. The van der Waals surface area contributed by atoms with Crippen molar-refractivity contribution in [2.24, 2.45) is 5.92 Å². The van der Waals surface area contributed by atoms with Crippen LogP contribution >= 0.6 is 0 Å². The summed E-state index contributed by atoms with van der Waals surface area (Å²) in [7, 11) is 1.51. The molecule has 0 unspecified atom stereocenters. The molecule has 0 aromatic heterocycles. The van der Waals surface area contributed by atoms with Crippen molar-refractivity contribution in [3.63, 3.8) is 0 Å². The van der Waals surface area contributed by atoms with Gasteiger partial charge in [0, 0.05) is 26.1 Å². The van der Waals surface area contributed by atoms with Gasteiger partial charge in [-0.1, -0.05) is 48.5 Å². The lowest BCUT2D eigenvalue weighted by Gasteiger charge is -2.27. The predicted molar refractivity (Wildman–Crippen MR) is 126 cm³/mol. The normalized spacial score (nSPS) is 19.4. The van der Waals surface area contributed by atoms with E-state index in [4.69, 9.17) is 9.47 Å². The molecule has 2 atom stereocenters. The molecular formula is C26H30N2O6. The molecule has 0 radical (unpaired) electrons. The molecule has 1 N–H and O–H groups in total. The average molecular weight is 467 g/mol. The number of carboxylic acids is 1. The Morgan fingerprint density at radius 3 is 2.09 bits per heavy atom. The van der Waals surface area contributed by atoms with E-state index in [0.717, 1.165) is 22.3 Å². The van der Waals surface area contributed by atoms with Crippen LogP contribution < -0.4 is 0 Å². The van der Waals surface area contributed by atoms with Gasteiger partial charge in [-0.15, -0.1) is 0 Å². The molecule has 1 fully saturated rings. The third kappa shape index (κ3) is 4.58. The Bertz CT molecular complexity index is 1060. The summed E-state index contributed by atoms with van der Waals surface area (Å²) in [4.78, 5) is 39.9. The number of carbonyl (C=O) groups is 3. The van der Waals surface area contributed by atoms with Gasteiger partial charge in [-0.05, 0) is 43.0 Å². The van der Waals surface area contributed by atoms with Gasteiger partial charge in [0.2, 0.25) is 0 Å². The SMILES string of the molecule is CN(C(=O)OCC1c2ccccc2-c2ccccc21)[C@H]1CN(C(=O)OC(C)(C)C)C[C@H]1C(=O)O. The summed E-state index contributed by atoms with van der Waals surface area (Å²) in [6.07, 6.45) is -1.22. The fraction of sp³-hybridized carbons (Fsp3) is 0.423. The summed E-state index contributed by atoms with van der Waals surface area (Å²) in [6, 6.07) is 15.4. The number of rotatable bonds is 4. The summed E-state index contributed by atoms with van der Waals surface area (Å²) in [5, 5.41) is 9.71. The number of carbonyl (C=O) groups excluding carboxylic acids is 2. The number of likely N-dealkylation sites (tertiary alicyclic amines) is 1. The van der Waals surface area contributed by atoms with Crippen molar-refractivity contribution in [2.75, 3.05) is 26.7 Å². The lowest BCUT2D eigenvalue weighted by Crippen LogP contribution is -2.45. The van der Waals surface area contributed by atoms with E-state index in [1.165, 1.54) is 16.8 Å². The Morgan fingerprint density at radius 1 is 1.00 bits per heavy atom. The highest BCUT2D eigenvalue weighted by atomic mass is 16.6. The molecule has 1 heterocycles. The van der Waals surface area contributed by atoms with E-state index in [9.17, 15) is 19.5 Å². The summed E-state index contributed by atoms with van der Waals surface area (Å²) < 4.78 is 11.1. The van der Waals surface area contributed by atoms with Crippen molar-refractivity contribution in [2.45, 2.75) is 38.3 Å². The van der Waals surface area contributed by atoms with Crippen molar-refractivity contribution in [3.05, 3.63) is 59.7 Å². The maximum absolute atomic E-state index is 13.0. The van der Waals surface area contributed by atoms with Crippen LogP contribution in [0.4, 0.5) is 9.59 Å². The van der Waals surface area contributed by atoms with Crippen molar-refractivity contribution >= 4 is 18.2 Å². The first-order chi connectivity index (χ1) is 16.1. The number of benzene rings is 2. The van der Waals surface area contributed by atoms with Crippen LogP contribution in [0.15, 0.2) is 48.5 Å². The fourth-order valence-corrected chi connectivity index (χ4v) is 4.73. The molecule has 0 saturated carbocycles. The number of nitrogens with zero attached hydrogens (tertiary/aromatic N) is 2. The van der Waals surface area contributed by atoms with Crippen molar-refractivity contribution < 1.29 is 29.0 Å². The number of aliphatic carboxylic acids is 1. The first-order valence-corrected chi connectivity index (χ1v) is 11.4. The molecule has 2 amide bonds. The minimum absolute atomic E-state index is 0.0318. The van der Waals surface area contributed by atoms with Gasteiger partial charge in [0.05, 0.1) is 12.0 Å². The average Bonchev–Trinajstić information content (AvgIpc) is 3.36. The standard InChI is InChI=1S/C26H30N2O6/c1-26(2,3)34-25(32)28-13-20(23(29)30)22(14-28)27(4)24(31)33-15-21-18-11-7-5-9-16(18)17-10-6-8-12-19(17)21/h5-12,20-22H,13-15H2,1-4H3,(H,29,30)/t20-,22+/m1/s1. The molecule has 2 aromatic carbocycles. The number of ether oxygens (including phenoxy) is 2. The second-order valence-corrected chi connectivity index (χ2v) is 9.81. The van der Waals surface area contributed by atoms with Crippen LogP contribution in [0.25, 0.3) is 11.1 Å². The zero-order valence-electron chi connectivity index (χ0n) is 19.9. The van der Waals surface area contributed by atoms with Gasteiger partial charge in [0.1, 0.15) is 12.2 Å². The number of fused-ring (bicyclic) bond motifs is 3. The van der Waals surface area contributed by atoms with Gasteiger partial charge in [0.25, 0.3) is 0 Å².